The molecule has 9 heteroatoms. The number of furan rings is 1. The van der Waals surface area contributed by atoms with Gasteiger partial charge < -0.3 is 19.5 Å². The van der Waals surface area contributed by atoms with E-state index in [1.807, 2.05) is 42.5 Å². The largest absolute Gasteiger partial charge is 0.473 e. The van der Waals surface area contributed by atoms with Crippen molar-refractivity contribution in [3.05, 3.63) is 84.3 Å². The van der Waals surface area contributed by atoms with Gasteiger partial charge >= 0.3 is 11.9 Å². The molecule has 4 rings (SSSR count). The molecule has 1 amide bonds. The smallest absolute Gasteiger partial charge is 0.414 e. The maximum Gasteiger partial charge on any atom is 0.414 e. The highest BCUT2D eigenvalue weighted by Gasteiger charge is 2.24. The molecule has 0 unspecified atom stereocenters. The van der Waals surface area contributed by atoms with Crippen LogP contribution < -0.4 is 0 Å². The van der Waals surface area contributed by atoms with Crippen LogP contribution >= 0.6 is 0 Å². The first-order valence-corrected chi connectivity index (χ1v) is 10.5. The van der Waals surface area contributed by atoms with E-state index >= 15 is 0 Å². The van der Waals surface area contributed by atoms with Crippen molar-refractivity contribution in [1.29, 1.82) is 0 Å². The molecule has 0 radical (unpaired) electrons. The van der Waals surface area contributed by atoms with Gasteiger partial charge in [-0.1, -0.05) is 54.6 Å². The normalized spacial score (nSPS) is 13.5. The number of rotatable bonds is 5. The van der Waals surface area contributed by atoms with Gasteiger partial charge in [0, 0.05) is 31.7 Å². The number of amides is 1. The lowest BCUT2D eigenvalue weighted by Gasteiger charge is -2.33. The molecule has 2 heterocycles. The number of carbonyl (C=O) groups excluding carboxylic acids is 2. The number of benzene rings is 2. The van der Waals surface area contributed by atoms with Gasteiger partial charge in [0.15, 0.2) is 11.5 Å². The highest BCUT2D eigenvalue weighted by atomic mass is 16.4. The molecule has 9 nitrogen and oxygen atoms in total. The molecule has 176 valence electrons. The Bertz CT molecular complexity index is 1110. The summed E-state index contributed by atoms with van der Waals surface area (Å²) in [6.07, 6.45) is 1.51. The SMILES string of the molecule is O=C(CN1CCN(C(=O)c2ccco2)CC1)c1ccc(-c2ccccc2)cc1.O=C(O)C(=O)O. The minimum Gasteiger partial charge on any atom is -0.473 e. The second-order valence-corrected chi connectivity index (χ2v) is 7.52. The van der Waals surface area contributed by atoms with Crippen LogP contribution in [0.5, 0.6) is 0 Å². The van der Waals surface area contributed by atoms with E-state index in [-0.39, 0.29) is 11.7 Å². The van der Waals surface area contributed by atoms with Crippen LogP contribution in [0.15, 0.2) is 77.4 Å². The molecule has 1 aromatic heterocycles. The van der Waals surface area contributed by atoms with Crippen LogP contribution in [0.3, 0.4) is 0 Å². The lowest BCUT2D eigenvalue weighted by atomic mass is 10.0. The Morgan fingerprint density at radius 2 is 1.32 bits per heavy atom. The molecule has 3 aromatic rings. The Kier molecular flexibility index (Phi) is 8.31. The molecule has 1 aliphatic rings. The van der Waals surface area contributed by atoms with Gasteiger partial charge in [0.25, 0.3) is 5.91 Å². The van der Waals surface area contributed by atoms with Gasteiger partial charge in [-0.2, -0.15) is 0 Å². The number of hydrogen-bond acceptors (Lipinski definition) is 6. The van der Waals surface area contributed by atoms with Gasteiger partial charge in [-0.05, 0) is 23.3 Å². The maximum atomic E-state index is 12.6. The van der Waals surface area contributed by atoms with E-state index in [1.165, 1.54) is 6.26 Å². The van der Waals surface area contributed by atoms with Crippen LogP contribution in [0.25, 0.3) is 11.1 Å². The van der Waals surface area contributed by atoms with Gasteiger partial charge in [-0.25, -0.2) is 9.59 Å². The molecule has 0 atom stereocenters. The highest BCUT2D eigenvalue weighted by Crippen LogP contribution is 2.19. The first-order valence-electron chi connectivity index (χ1n) is 10.5. The second-order valence-electron chi connectivity index (χ2n) is 7.52. The van der Waals surface area contributed by atoms with Crippen LogP contribution in [0.2, 0.25) is 0 Å². The van der Waals surface area contributed by atoms with Crippen molar-refractivity contribution in [2.75, 3.05) is 32.7 Å². The van der Waals surface area contributed by atoms with Gasteiger partial charge in [-0.15, -0.1) is 0 Å². The standard InChI is InChI=1S/C23H22N2O3.C2H2O4/c26-21(20-10-8-19(9-11-20)18-5-2-1-3-6-18)17-24-12-14-25(15-13-24)23(27)22-7-4-16-28-22;3-1(4)2(5)6/h1-11,16H,12-15,17H2;(H,3,4)(H,5,6). The number of carboxylic acid groups (broad SMARTS) is 2. The Balaban J connectivity index is 0.000000481. The van der Waals surface area contributed by atoms with E-state index in [4.69, 9.17) is 24.2 Å². The lowest BCUT2D eigenvalue weighted by Crippen LogP contribution is -2.49. The van der Waals surface area contributed by atoms with Crippen molar-refractivity contribution in [1.82, 2.24) is 9.80 Å². The summed E-state index contributed by atoms with van der Waals surface area (Å²) in [6.45, 7) is 2.92. The van der Waals surface area contributed by atoms with Gasteiger partial charge in [0.05, 0.1) is 12.8 Å². The number of Topliss-reactive ketones (excluding diaryl/α,β-unsaturated/α-hetero) is 1. The van der Waals surface area contributed by atoms with Crippen LogP contribution in [0, 0.1) is 0 Å². The number of hydrogen-bond donors (Lipinski definition) is 2. The fourth-order valence-corrected chi connectivity index (χ4v) is 3.44. The van der Waals surface area contributed by atoms with Crippen molar-refractivity contribution in [2.45, 2.75) is 0 Å². The molecule has 2 N–H and O–H groups in total. The summed E-state index contributed by atoms with van der Waals surface area (Å²) in [5.41, 5.74) is 2.95. The first-order chi connectivity index (χ1) is 16.3. The number of carbonyl (C=O) groups is 4. The number of aliphatic carboxylic acids is 2. The molecule has 1 fully saturated rings. The third-order valence-corrected chi connectivity index (χ3v) is 5.26. The van der Waals surface area contributed by atoms with Crippen molar-refractivity contribution < 1.29 is 33.8 Å². The third kappa shape index (κ3) is 6.63. The minimum atomic E-state index is -1.82. The van der Waals surface area contributed by atoms with Crippen LogP contribution in [-0.4, -0.2) is 76.4 Å². The van der Waals surface area contributed by atoms with Crippen LogP contribution in [0.1, 0.15) is 20.9 Å². The molecular weight excluding hydrogens is 440 g/mol. The van der Waals surface area contributed by atoms with Crippen LogP contribution in [-0.2, 0) is 9.59 Å². The summed E-state index contributed by atoms with van der Waals surface area (Å²) >= 11 is 0. The molecular formula is C25H24N2O7. The number of carboxylic acids is 2. The maximum absolute atomic E-state index is 12.6. The summed E-state index contributed by atoms with van der Waals surface area (Å²) in [5.74, 6) is -3.27. The lowest BCUT2D eigenvalue weighted by molar-refractivity contribution is -0.159. The summed E-state index contributed by atoms with van der Waals surface area (Å²) < 4.78 is 5.18. The molecule has 0 aliphatic carbocycles. The van der Waals surface area contributed by atoms with E-state index in [2.05, 4.69) is 17.0 Å². The van der Waals surface area contributed by atoms with Gasteiger partial charge in [0.1, 0.15) is 0 Å². The quantitative estimate of drug-likeness (QED) is 0.436. The van der Waals surface area contributed by atoms with Crippen molar-refractivity contribution >= 4 is 23.6 Å². The molecule has 0 bridgehead atoms. The third-order valence-electron chi connectivity index (χ3n) is 5.26. The summed E-state index contributed by atoms with van der Waals surface area (Å²) in [6, 6.07) is 21.3. The predicted molar refractivity (Wildman–Crippen MR) is 123 cm³/mol. The zero-order valence-corrected chi connectivity index (χ0v) is 18.3. The van der Waals surface area contributed by atoms with Crippen molar-refractivity contribution in [3.63, 3.8) is 0 Å². The highest BCUT2D eigenvalue weighted by molar-refractivity contribution is 6.27. The molecule has 0 spiro atoms. The van der Waals surface area contributed by atoms with Gasteiger partial charge in [-0.3, -0.25) is 14.5 Å². The van der Waals surface area contributed by atoms with Gasteiger partial charge in [0.2, 0.25) is 0 Å². The average Bonchev–Trinajstić information content (AvgIpc) is 3.40. The molecule has 0 saturated carbocycles. The molecule has 1 aliphatic heterocycles. The zero-order chi connectivity index (χ0) is 24.5. The summed E-state index contributed by atoms with van der Waals surface area (Å²) in [5, 5.41) is 14.8. The van der Waals surface area contributed by atoms with E-state index in [9.17, 15) is 9.59 Å². The van der Waals surface area contributed by atoms with Crippen molar-refractivity contribution in [3.8, 4) is 11.1 Å². The van der Waals surface area contributed by atoms with E-state index in [0.29, 0.717) is 44.0 Å². The van der Waals surface area contributed by atoms with E-state index in [1.54, 1.807) is 17.0 Å². The van der Waals surface area contributed by atoms with E-state index in [0.717, 1.165) is 11.1 Å². The van der Waals surface area contributed by atoms with Crippen molar-refractivity contribution in [2.24, 2.45) is 0 Å². The topological polar surface area (TPSA) is 128 Å². The first kappa shape index (κ1) is 24.4. The second kappa shape index (κ2) is 11.6. The summed E-state index contributed by atoms with van der Waals surface area (Å²) in [4.78, 5) is 47.0. The Labute approximate surface area is 195 Å². The van der Waals surface area contributed by atoms with Crippen LogP contribution in [0.4, 0.5) is 0 Å². The predicted octanol–water partition coefficient (Wildman–Crippen LogP) is 2.74. The number of ketones is 1. The number of piperazine rings is 1. The minimum absolute atomic E-state index is 0.0903. The fraction of sp³-hybridized carbons (Fsp3) is 0.200. The molecule has 2 aromatic carbocycles. The molecule has 34 heavy (non-hydrogen) atoms. The Morgan fingerprint density at radius 3 is 1.85 bits per heavy atom. The van der Waals surface area contributed by atoms with E-state index < -0.39 is 11.9 Å². The zero-order valence-electron chi connectivity index (χ0n) is 18.3. The fourth-order valence-electron chi connectivity index (χ4n) is 3.44. The Morgan fingerprint density at radius 1 is 0.735 bits per heavy atom. The summed E-state index contributed by atoms with van der Waals surface area (Å²) in [7, 11) is 0. The average molecular weight is 464 g/mol. The molecule has 1 saturated heterocycles. The monoisotopic (exact) mass is 464 g/mol. The Hall–Kier alpha value is -4.24. The number of nitrogens with zero attached hydrogens (tertiary/aromatic N) is 2.